The molecule has 0 N–H and O–H groups in total. The number of aryl methyl sites for hydroxylation is 2. The Morgan fingerprint density at radius 2 is 2.00 bits per heavy atom. The van der Waals surface area contributed by atoms with Gasteiger partial charge in [-0.15, -0.1) is 0 Å². The van der Waals surface area contributed by atoms with Crippen molar-refractivity contribution in [3.63, 3.8) is 0 Å². The van der Waals surface area contributed by atoms with Gasteiger partial charge < -0.3 is 0 Å². The van der Waals surface area contributed by atoms with Crippen LogP contribution in [0, 0.1) is 49.1 Å². The molecule has 2 aromatic heterocycles. The number of rotatable bonds is 4. The lowest BCUT2D eigenvalue weighted by atomic mass is 10.0. The molecular formula is C20H18ClN5O2. The molecule has 1 aromatic carbocycles. The van der Waals surface area contributed by atoms with E-state index in [0.29, 0.717) is 34.0 Å². The molecule has 7 nitrogen and oxygen atoms in total. The molecule has 3 aromatic rings. The van der Waals surface area contributed by atoms with E-state index in [1.807, 2.05) is 19.9 Å². The zero-order valence-corrected chi connectivity index (χ0v) is 16.7. The molecule has 0 saturated heterocycles. The third-order valence-electron chi connectivity index (χ3n) is 4.82. The molecule has 8 heteroatoms. The van der Waals surface area contributed by atoms with Crippen molar-refractivity contribution in [3.05, 3.63) is 73.3 Å². The fourth-order valence-electron chi connectivity index (χ4n) is 3.38. The Kier molecular flexibility index (Phi) is 5.16. The van der Waals surface area contributed by atoms with Gasteiger partial charge in [-0.1, -0.05) is 17.7 Å². The van der Waals surface area contributed by atoms with Gasteiger partial charge in [0.25, 0.3) is 5.69 Å². The second-order valence-corrected chi connectivity index (χ2v) is 7.04. The van der Waals surface area contributed by atoms with Crippen LogP contribution in [0.2, 0.25) is 5.02 Å². The van der Waals surface area contributed by atoms with Crippen LogP contribution in [0.4, 0.5) is 5.69 Å². The highest BCUT2D eigenvalue weighted by Crippen LogP contribution is 2.31. The molecule has 0 aliphatic rings. The van der Waals surface area contributed by atoms with E-state index in [1.165, 1.54) is 6.20 Å². The summed E-state index contributed by atoms with van der Waals surface area (Å²) < 4.78 is 1.78. The van der Waals surface area contributed by atoms with Gasteiger partial charge in [-0.05, 0) is 45.4 Å². The van der Waals surface area contributed by atoms with Crippen LogP contribution in [0.25, 0.3) is 11.1 Å². The highest BCUT2D eigenvalue weighted by Gasteiger charge is 2.21. The van der Waals surface area contributed by atoms with Crippen molar-refractivity contribution in [3.8, 4) is 17.2 Å². The average Bonchev–Trinajstić information content (AvgIpc) is 2.90. The maximum atomic E-state index is 11.4. The number of pyridine rings is 1. The normalized spacial score (nSPS) is 10.7. The molecule has 0 amide bonds. The molecule has 0 unspecified atom stereocenters. The molecule has 0 spiro atoms. The quantitative estimate of drug-likeness (QED) is 0.472. The van der Waals surface area contributed by atoms with E-state index >= 15 is 0 Å². The lowest BCUT2D eigenvalue weighted by molar-refractivity contribution is -0.386. The fourth-order valence-corrected chi connectivity index (χ4v) is 3.60. The number of nitrogens with zero attached hydrogens (tertiary/aromatic N) is 5. The molecule has 0 fully saturated rings. The van der Waals surface area contributed by atoms with Gasteiger partial charge in [0.2, 0.25) is 0 Å². The molecule has 142 valence electrons. The first kappa shape index (κ1) is 19.5. The Morgan fingerprint density at radius 1 is 1.29 bits per heavy atom. The zero-order valence-electron chi connectivity index (χ0n) is 15.9. The van der Waals surface area contributed by atoms with E-state index in [9.17, 15) is 10.1 Å². The van der Waals surface area contributed by atoms with E-state index in [4.69, 9.17) is 16.9 Å². The van der Waals surface area contributed by atoms with Gasteiger partial charge in [0, 0.05) is 23.0 Å². The van der Waals surface area contributed by atoms with Crippen LogP contribution in [0.15, 0.2) is 24.4 Å². The Morgan fingerprint density at radius 3 is 2.61 bits per heavy atom. The molecule has 3 rings (SSSR count). The van der Waals surface area contributed by atoms with Crippen molar-refractivity contribution in [2.45, 2.75) is 34.2 Å². The lowest BCUT2D eigenvalue weighted by Gasteiger charge is -2.10. The van der Waals surface area contributed by atoms with Gasteiger partial charge in [0.15, 0.2) is 0 Å². The molecule has 0 saturated carbocycles. The second-order valence-electron chi connectivity index (χ2n) is 6.63. The third kappa shape index (κ3) is 3.35. The number of hydrogen-bond donors (Lipinski definition) is 0. The summed E-state index contributed by atoms with van der Waals surface area (Å²) >= 11 is 6.18. The molecule has 0 aliphatic heterocycles. The highest BCUT2D eigenvalue weighted by atomic mass is 35.5. The van der Waals surface area contributed by atoms with Crippen molar-refractivity contribution in [1.29, 1.82) is 5.26 Å². The zero-order chi connectivity index (χ0) is 20.6. The monoisotopic (exact) mass is 395 g/mol. The highest BCUT2D eigenvalue weighted by molar-refractivity contribution is 6.32. The number of nitro groups is 1. The number of halogens is 1. The van der Waals surface area contributed by atoms with Crippen LogP contribution in [0.3, 0.4) is 0 Å². The van der Waals surface area contributed by atoms with Gasteiger partial charge in [0.1, 0.15) is 6.07 Å². The topological polar surface area (TPSA) is 97.6 Å². The SMILES string of the molecule is Cc1cnc(Cn2nc(C)c(-c3ccc(C#N)c(Cl)c3)c2C)c(C)c1[N+](=O)[O-]. The van der Waals surface area contributed by atoms with Crippen LogP contribution in [0.5, 0.6) is 0 Å². The van der Waals surface area contributed by atoms with Crippen LogP contribution >= 0.6 is 11.6 Å². The van der Waals surface area contributed by atoms with Crippen LogP contribution in [-0.2, 0) is 6.54 Å². The molecule has 28 heavy (non-hydrogen) atoms. The molecular weight excluding hydrogens is 378 g/mol. The summed E-state index contributed by atoms with van der Waals surface area (Å²) in [6, 6.07) is 7.32. The molecule has 0 aliphatic carbocycles. The van der Waals surface area contributed by atoms with Crippen molar-refractivity contribution >= 4 is 17.3 Å². The van der Waals surface area contributed by atoms with Gasteiger partial charge in [-0.25, -0.2) is 0 Å². The Labute approximate surface area is 167 Å². The summed E-state index contributed by atoms with van der Waals surface area (Å²) in [5, 5.41) is 25.4. The number of benzene rings is 1. The van der Waals surface area contributed by atoms with Gasteiger partial charge in [0.05, 0.1) is 39.0 Å². The minimum atomic E-state index is -0.374. The minimum absolute atomic E-state index is 0.0885. The van der Waals surface area contributed by atoms with Crippen LogP contribution < -0.4 is 0 Å². The van der Waals surface area contributed by atoms with Crippen molar-refractivity contribution in [2.24, 2.45) is 0 Å². The van der Waals surface area contributed by atoms with E-state index in [1.54, 1.807) is 30.7 Å². The predicted molar refractivity (Wildman–Crippen MR) is 106 cm³/mol. The Bertz CT molecular complexity index is 1140. The summed E-state index contributed by atoms with van der Waals surface area (Å²) in [5.74, 6) is 0. The first-order valence-electron chi connectivity index (χ1n) is 8.58. The summed E-state index contributed by atoms with van der Waals surface area (Å²) in [7, 11) is 0. The summed E-state index contributed by atoms with van der Waals surface area (Å²) in [6.45, 7) is 7.53. The van der Waals surface area contributed by atoms with Gasteiger partial charge in [-0.2, -0.15) is 10.4 Å². The molecule has 0 atom stereocenters. The maximum Gasteiger partial charge on any atom is 0.278 e. The van der Waals surface area contributed by atoms with Crippen LogP contribution in [-0.4, -0.2) is 19.7 Å². The fraction of sp³-hybridized carbons (Fsp3) is 0.250. The molecule has 0 radical (unpaired) electrons. The average molecular weight is 396 g/mol. The van der Waals surface area contributed by atoms with E-state index in [-0.39, 0.29) is 10.6 Å². The third-order valence-corrected chi connectivity index (χ3v) is 5.13. The lowest BCUT2D eigenvalue weighted by Crippen LogP contribution is -2.09. The van der Waals surface area contributed by atoms with E-state index < -0.39 is 0 Å². The first-order chi connectivity index (χ1) is 13.2. The standard InChI is InChI=1S/C20H18ClN5O2/c1-11-9-23-18(12(2)20(11)26(27)28)10-25-14(4)19(13(3)24-25)15-5-6-16(8-22)17(21)7-15/h5-7,9H,10H2,1-4H3. The predicted octanol–water partition coefficient (Wildman–Crippen LogP) is 4.66. The van der Waals surface area contributed by atoms with Gasteiger partial charge in [-0.3, -0.25) is 19.8 Å². The van der Waals surface area contributed by atoms with E-state index in [2.05, 4.69) is 16.2 Å². The second kappa shape index (κ2) is 7.41. The largest absolute Gasteiger partial charge is 0.278 e. The Balaban J connectivity index is 2.04. The molecule has 0 bridgehead atoms. The first-order valence-corrected chi connectivity index (χ1v) is 8.95. The summed E-state index contributed by atoms with van der Waals surface area (Å²) in [6.07, 6.45) is 1.52. The van der Waals surface area contributed by atoms with Crippen molar-refractivity contribution in [1.82, 2.24) is 14.8 Å². The van der Waals surface area contributed by atoms with Crippen molar-refractivity contribution < 1.29 is 4.92 Å². The van der Waals surface area contributed by atoms with E-state index in [0.717, 1.165) is 22.5 Å². The van der Waals surface area contributed by atoms with Gasteiger partial charge >= 0.3 is 0 Å². The Hall–Kier alpha value is -3.24. The molecule has 2 heterocycles. The maximum absolute atomic E-state index is 11.4. The minimum Gasteiger partial charge on any atom is -0.263 e. The smallest absolute Gasteiger partial charge is 0.263 e. The summed E-state index contributed by atoms with van der Waals surface area (Å²) in [5.41, 5.74) is 5.67. The number of nitriles is 1. The summed E-state index contributed by atoms with van der Waals surface area (Å²) in [4.78, 5) is 15.4. The van der Waals surface area contributed by atoms with Crippen LogP contribution in [0.1, 0.15) is 33.8 Å². The number of aromatic nitrogens is 3. The van der Waals surface area contributed by atoms with Crippen molar-refractivity contribution in [2.75, 3.05) is 0 Å². The number of hydrogen-bond acceptors (Lipinski definition) is 5.